The maximum Gasteiger partial charge on any atom is 0.193 e. The SMILES string of the molecule is C/C=C/CCNC(=NC)N(C)Cc1ccc(F)cc1.I. The van der Waals surface area contributed by atoms with Gasteiger partial charge in [0.25, 0.3) is 0 Å². The predicted molar refractivity (Wildman–Crippen MR) is 94.1 cm³/mol. The highest BCUT2D eigenvalue weighted by Crippen LogP contribution is 2.05. The van der Waals surface area contributed by atoms with Gasteiger partial charge in [0.15, 0.2) is 5.96 Å². The molecule has 0 bridgehead atoms. The quantitative estimate of drug-likeness (QED) is 0.274. The monoisotopic (exact) mass is 391 g/mol. The number of allylic oxidation sites excluding steroid dienone is 1. The van der Waals surface area contributed by atoms with Crippen molar-refractivity contribution < 1.29 is 4.39 Å². The molecule has 0 unspecified atom stereocenters. The van der Waals surface area contributed by atoms with Crippen LogP contribution in [0.4, 0.5) is 4.39 Å². The fourth-order valence-electron chi connectivity index (χ4n) is 1.76. The summed E-state index contributed by atoms with van der Waals surface area (Å²) in [5.41, 5.74) is 1.06. The molecule has 0 fully saturated rings. The molecule has 112 valence electrons. The summed E-state index contributed by atoms with van der Waals surface area (Å²) in [4.78, 5) is 6.25. The Morgan fingerprint density at radius 2 is 2.00 bits per heavy atom. The minimum absolute atomic E-state index is 0. The van der Waals surface area contributed by atoms with Gasteiger partial charge < -0.3 is 10.2 Å². The topological polar surface area (TPSA) is 27.6 Å². The van der Waals surface area contributed by atoms with Gasteiger partial charge in [-0.3, -0.25) is 4.99 Å². The standard InChI is InChI=1S/C15H22FN3.HI/c1-4-5-6-11-18-15(17-2)19(3)12-13-7-9-14(16)10-8-13;/h4-5,7-10H,6,11-12H2,1-3H3,(H,17,18);1H/b5-4+;. The van der Waals surface area contributed by atoms with Gasteiger partial charge in [0, 0.05) is 27.2 Å². The molecular weight excluding hydrogens is 368 g/mol. The molecule has 0 aliphatic heterocycles. The lowest BCUT2D eigenvalue weighted by atomic mass is 10.2. The Kier molecular flexibility index (Phi) is 10.1. The van der Waals surface area contributed by atoms with E-state index in [-0.39, 0.29) is 29.8 Å². The summed E-state index contributed by atoms with van der Waals surface area (Å²) in [5, 5.41) is 3.29. The minimum Gasteiger partial charge on any atom is -0.356 e. The summed E-state index contributed by atoms with van der Waals surface area (Å²) < 4.78 is 12.8. The van der Waals surface area contributed by atoms with Crippen molar-refractivity contribution in [1.29, 1.82) is 0 Å². The third-order valence-electron chi connectivity index (χ3n) is 2.74. The van der Waals surface area contributed by atoms with Crippen LogP contribution in [-0.4, -0.2) is 31.5 Å². The van der Waals surface area contributed by atoms with E-state index in [0.717, 1.165) is 24.5 Å². The van der Waals surface area contributed by atoms with Gasteiger partial charge in [0.2, 0.25) is 0 Å². The van der Waals surface area contributed by atoms with E-state index in [2.05, 4.69) is 16.4 Å². The second kappa shape index (κ2) is 10.7. The average Bonchev–Trinajstić information content (AvgIpc) is 2.41. The van der Waals surface area contributed by atoms with E-state index in [4.69, 9.17) is 0 Å². The van der Waals surface area contributed by atoms with Gasteiger partial charge in [0.1, 0.15) is 5.82 Å². The van der Waals surface area contributed by atoms with Crippen molar-refractivity contribution in [3.63, 3.8) is 0 Å². The molecule has 1 rings (SSSR count). The van der Waals surface area contributed by atoms with Crippen molar-refractivity contribution in [3.05, 3.63) is 47.8 Å². The Bertz CT molecular complexity index is 429. The molecule has 0 aliphatic rings. The van der Waals surface area contributed by atoms with Crippen LogP contribution < -0.4 is 5.32 Å². The van der Waals surface area contributed by atoms with E-state index in [1.807, 2.05) is 24.9 Å². The van der Waals surface area contributed by atoms with Crippen LogP contribution in [-0.2, 0) is 6.54 Å². The first kappa shape index (κ1) is 18.9. The zero-order valence-corrected chi connectivity index (χ0v) is 14.6. The van der Waals surface area contributed by atoms with Gasteiger partial charge in [-0.1, -0.05) is 24.3 Å². The average molecular weight is 391 g/mol. The molecule has 0 saturated carbocycles. The van der Waals surface area contributed by atoms with Gasteiger partial charge in [-0.05, 0) is 31.0 Å². The molecule has 0 aliphatic carbocycles. The Balaban J connectivity index is 0.00000361. The van der Waals surface area contributed by atoms with Crippen molar-refractivity contribution >= 4 is 29.9 Å². The minimum atomic E-state index is -0.208. The van der Waals surface area contributed by atoms with Crippen LogP contribution in [0.3, 0.4) is 0 Å². The number of hydrogen-bond donors (Lipinski definition) is 1. The van der Waals surface area contributed by atoms with E-state index >= 15 is 0 Å². The van der Waals surface area contributed by atoms with Crippen LogP contribution in [0.1, 0.15) is 18.9 Å². The van der Waals surface area contributed by atoms with Crippen LogP contribution in [0.2, 0.25) is 0 Å². The van der Waals surface area contributed by atoms with Gasteiger partial charge in [-0.25, -0.2) is 4.39 Å². The molecule has 1 N–H and O–H groups in total. The van der Waals surface area contributed by atoms with E-state index < -0.39 is 0 Å². The lowest BCUT2D eigenvalue weighted by molar-refractivity contribution is 0.477. The summed E-state index contributed by atoms with van der Waals surface area (Å²) in [7, 11) is 3.73. The summed E-state index contributed by atoms with van der Waals surface area (Å²) in [6, 6.07) is 6.54. The molecule has 0 aromatic heterocycles. The molecule has 0 spiro atoms. The highest BCUT2D eigenvalue weighted by molar-refractivity contribution is 14.0. The van der Waals surface area contributed by atoms with Gasteiger partial charge in [-0.2, -0.15) is 0 Å². The molecule has 5 heteroatoms. The van der Waals surface area contributed by atoms with E-state index in [9.17, 15) is 4.39 Å². The Morgan fingerprint density at radius 1 is 1.35 bits per heavy atom. The van der Waals surface area contributed by atoms with Crippen molar-refractivity contribution in [2.45, 2.75) is 19.9 Å². The second-order valence-electron chi connectivity index (χ2n) is 4.31. The normalized spacial score (nSPS) is 11.3. The Labute approximate surface area is 138 Å². The maximum absolute atomic E-state index is 12.8. The fraction of sp³-hybridized carbons (Fsp3) is 0.400. The Hall–Kier alpha value is -1.11. The maximum atomic E-state index is 12.8. The molecule has 0 atom stereocenters. The van der Waals surface area contributed by atoms with Gasteiger partial charge in [-0.15, -0.1) is 24.0 Å². The summed E-state index contributed by atoms with van der Waals surface area (Å²) in [5.74, 6) is 0.633. The van der Waals surface area contributed by atoms with Crippen molar-refractivity contribution in [1.82, 2.24) is 10.2 Å². The first-order valence-corrected chi connectivity index (χ1v) is 6.44. The molecular formula is C15H23FIN3. The molecule has 0 heterocycles. The van der Waals surface area contributed by atoms with E-state index in [1.54, 1.807) is 19.2 Å². The van der Waals surface area contributed by atoms with Gasteiger partial charge >= 0.3 is 0 Å². The van der Waals surface area contributed by atoms with Crippen LogP contribution in [0.25, 0.3) is 0 Å². The molecule has 3 nitrogen and oxygen atoms in total. The largest absolute Gasteiger partial charge is 0.356 e. The predicted octanol–water partition coefficient (Wildman–Crippen LogP) is 3.42. The third kappa shape index (κ3) is 6.88. The van der Waals surface area contributed by atoms with Crippen LogP contribution in [0, 0.1) is 5.82 Å². The smallest absolute Gasteiger partial charge is 0.193 e. The van der Waals surface area contributed by atoms with E-state index in [0.29, 0.717) is 6.54 Å². The molecule has 0 saturated heterocycles. The van der Waals surface area contributed by atoms with Crippen LogP contribution in [0.5, 0.6) is 0 Å². The van der Waals surface area contributed by atoms with E-state index in [1.165, 1.54) is 12.1 Å². The number of rotatable bonds is 5. The fourth-order valence-corrected chi connectivity index (χ4v) is 1.76. The lowest BCUT2D eigenvalue weighted by Gasteiger charge is -2.22. The third-order valence-corrected chi connectivity index (χ3v) is 2.74. The molecule has 1 aromatic rings. The number of guanidine groups is 1. The van der Waals surface area contributed by atoms with Gasteiger partial charge in [0.05, 0.1) is 0 Å². The zero-order valence-electron chi connectivity index (χ0n) is 12.3. The number of aliphatic imine (C=N–C) groups is 1. The summed E-state index contributed by atoms with van der Waals surface area (Å²) in [6.07, 6.45) is 5.12. The highest BCUT2D eigenvalue weighted by atomic mass is 127. The number of halogens is 2. The first-order chi connectivity index (χ1) is 9.17. The summed E-state index contributed by atoms with van der Waals surface area (Å²) in [6.45, 7) is 3.56. The molecule has 20 heavy (non-hydrogen) atoms. The van der Waals surface area contributed by atoms with Crippen molar-refractivity contribution in [2.75, 3.05) is 20.6 Å². The van der Waals surface area contributed by atoms with Crippen LogP contribution >= 0.6 is 24.0 Å². The second-order valence-corrected chi connectivity index (χ2v) is 4.31. The first-order valence-electron chi connectivity index (χ1n) is 6.44. The lowest BCUT2D eigenvalue weighted by Crippen LogP contribution is -2.38. The molecule has 1 aromatic carbocycles. The number of hydrogen-bond acceptors (Lipinski definition) is 1. The van der Waals surface area contributed by atoms with Crippen molar-refractivity contribution in [2.24, 2.45) is 4.99 Å². The van der Waals surface area contributed by atoms with Crippen LogP contribution in [0.15, 0.2) is 41.4 Å². The Morgan fingerprint density at radius 3 is 2.55 bits per heavy atom. The van der Waals surface area contributed by atoms with Crippen molar-refractivity contribution in [3.8, 4) is 0 Å². The zero-order chi connectivity index (χ0) is 14.1. The number of benzene rings is 1. The highest BCUT2D eigenvalue weighted by Gasteiger charge is 2.05. The molecule has 0 radical (unpaired) electrons. The summed E-state index contributed by atoms with van der Waals surface area (Å²) >= 11 is 0. The number of nitrogens with one attached hydrogen (secondary N) is 1. The number of nitrogens with zero attached hydrogens (tertiary/aromatic N) is 2. The molecule has 0 amide bonds.